The second-order valence-electron chi connectivity index (χ2n) is 9.90. The molecular weight excluding hydrogens is 506 g/mol. The van der Waals surface area contributed by atoms with E-state index in [-0.39, 0.29) is 24.4 Å². The highest BCUT2D eigenvalue weighted by atomic mass is 32.2. The first kappa shape index (κ1) is 28.0. The molecule has 3 aromatic carbocycles. The summed E-state index contributed by atoms with van der Waals surface area (Å²) >= 11 is 1.64. The lowest BCUT2D eigenvalue weighted by atomic mass is 10.1. The van der Waals surface area contributed by atoms with Crippen LogP contribution in [-0.2, 0) is 4.79 Å². The van der Waals surface area contributed by atoms with Gasteiger partial charge in [-0.15, -0.1) is 11.8 Å². The van der Waals surface area contributed by atoms with Crippen molar-refractivity contribution in [3.8, 4) is 16.8 Å². The summed E-state index contributed by atoms with van der Waals surface area (Å²) in [7, 11) is 0. The molecule has 1 heterocycles. The highest BCUT2D eigenvalue weighted by Gasteiger charge is 2.23. The summed E-state index contributed by atoms with van der Waals surface area (Å²) in [5.41, 5.74) is 5.25. The quantitative estimate of drug-likeness (QED) is 0.224. The van der Waals surface area contributed by atoms with Crippen LogP contribution in [0.5, 0.6) is 0 Å². The van der Waals surface area contributed by atoms with Crippen LogP contribution in [0.15, 0.2) is 83.8 Å². The van der Waals surface area contributed by atoms with E-state index in [9.17, 15) is 9.59 Å². The van der Waals surface area contributed by atoms with E-state index in [0.717, 1.165) is 33.0 Å². The average Bonchev–Trinajstić information content (AvgIpc) is 3.24. The van der Waals surface area contributed by atoms with Gasteiger partial charge in [0, 0.05) is 22.7 Å². The molecule has 0 atom stereocenters. The van der Waals surface area contributed by atoms with Gasteiger partial charge in [0.25, 0.3) is 0 Å². The molecule has 0 spiro atoms. The smallest absolute Gasteiger partial charge is 0.315 e. The van der Waals surface area contributed by atoms with Gasteiger partial charge < -0.3 is 15.5 Å². The van der Waals surface area contributed by atoms with Crippen molar-refractivity contribution in [3.05, 3.63) is 90.1 Å². The lowest BCUT2D eigenvalue weighted by Gasteiger charge is -2.24. The van der Waals surface area contributed by atoms with Crippen LogP contribution in [0.4, 0.5) is 16.3 Å². The summed E-state index contributed by atoms with van der Waals surface area (Å²) < 4.78 is 1.76. The second-order valence-corrected chi connectivity index (χ2v) is 10.8. The van der Waals surface area contributed by atoms with Gasteiger partial charge in [-0.05, 0) is 68.0 Å². The zero-order chi connectivity index (χ0) is 27.9. The van der Waals surface area contributed by atoms with Gasteiger partial charge in [-0.3, -0.25) is 4.79 Å². The third kappa shape index (κ3) is 7.09. The number of rotatable bonds is 9. The molecule has 2 N–H and O–H groups in total. The average molecular weight is 542 g/mol. The van der Waals surface area contributed by atoms with Crippen molar-refractivity contribution in [2.45, 2.75) is 32.6 Å². The maximum absolute atomic E-state index is 13.5. The van der Waals surface area contributed by atoms with Gasteiger partial charge in [-0.1, -0.05) is 61.9 Å². The third-order valence-corrected chi connectivity index (χ3v) is 6.95. The van der Waals surface area contributed by atoms with Crippen molar-refractivity contribution in [1.82, 2.24) is 14.7 Å². The van der Waals surface area contributed by atoms with Crippen molar-refractivity contribution in [1.29, 1.82) is 0 Å². The van der Waals surface area contributed by atoms with Crippen LogP contribution >= 0.6 is 11.8 Å². The second kappa shape index (κ2) is 12.7. The van der Waals surface area contributed by atoms with Crippen LogP contribution in [0.1, 0.15) is 25.1 Å². The normalized spacial score (nSPS) is 10.9. The molecule has 0 saturated carbocycles. The van der Waals surface area contributed by atoms with Gasteiger partial charge in [-0.2, -0.15) is 5.10 Å². The Kier molecular flexibility index (Phi) is 9.09. The number of urea groups is 1. The predicted octanol–water partition coefficient (Wildman–Crippen LogP) is 7.01. The Labute approximate surface area is 234 Å². The van der Waals surface area contributed by atoms with Crippen LogP contribution in [0.2, 0.25) is 0 Å². The molecule has 7 nitrogen and oxygen atoms in total. The lowest BCUT2D eigenvalue weighted by Crippen LogP contribution is -2.42. The zero-order valence-corrected chi connectivity index (χ0v) is 23.9. The minimum Gasteiger partial charge on any atom is -0.315 e. The fourth-order valence-corrected chi connectivity index (χ4v) is 4.76. The molecule has 0 aliphatic rings. The first-order valence-corrected chi connectivity index (χ1v) is 14.2. The molecule has 4 rings (SSSR count). The summed E-state index contributed by atoms with van der Waals surface area (Å²) in [5.74, 6) is 0.460. The number of hydrogen-bond acceptors (Lipinski definition) is 4. The van der Waals surface area contributed by atoms with Crippen molar-refractivity contribution in [2.75, 3.05) is 30.0 Å². The molecule has 0 unspecified atom stereocenters. The Balaban J connectivity index is 1.61. The van der Waals surface area contributed by atoms with Crippen LogP contribution in [0.3, 0.4) is 0 Å². The van der Waals surface area contributed by atoms with Gasteiger partial charge in [0.15, 0.2) is 0 Å². The molecule has 39 heavy (non-hydrogen) atoms. The van der Waals surface area contributed by atoms with Crippen molar-refractivity contribution in [3.63, 3.8) is 0 Å². The van der Waals surface area contributed by atoms with E-state index in [2.05, 4.69) is 10.6 Å². The Morgan fingerprint density at radius 3 is 2.21 bits per heavy atom. The van der Waals surface area contributed by atoms with E-state index in [1.807, 2.05) is 113 Å². The SMILES string of the molecule is CSc1ccc(NC(=O)N(CC(=O)Nc2c(-c3ccccc3)c(C)nn2-c2ccc(C)cc2)CC(C)C)cc1. The summed E-state index contributed by atoms with van der Waals surface area (Å²) in [6.07, 6.45) is 2.01. The first-order chi connectivity index (χ1) is 18.7. The molecule has 8 heteroatoms. The van der Waals surface area contributed by atoms with Crippen LogP contribution < -0.4 is 10.6 Å². The number of thioether (sulfide) groups is 1. The van der Waals surface area contributed by atoms with E-state index in [0.29, 0.717) is 18.1 Å². The Hall–Kier alpha value is -4.04. The van der Waals surface area contributed by atoms with Gasteiger partial charge >= 0.3 is 6.03 Å². The van der Waals surface area contributed by atoms with Crippen molar-refractivity contribution >= 4 is 35.2 Å². The minimum absolute atomic E-state index is 0.0980. The highest BCUT2D eigenvalue weighted by Crippen LogP contribution is 2.33. The summed E-state index contributed by atoms with van der Waals surface area (Å²) in [5, 5.41) is 10.8. The van der Waals surface area contributed by atoms with Crippen LogP contribution in [0.25, 0.3) is 16.8 Å². The molecule has 4 aromatic rings. The number of nitrogens with one attached hydrogen (secondary N) is 2. The monoisotopic (exact) mass is 541 g/mol. The van der Waals surface area contributed by atoms with Crippen LogP contribution in [0, 0.1) is 19.8 Å². The number of amides is 3. The van der Waals surface area contributed by atoms with Crippen molar-refractivity contribution < 1.29 is 9.59 Å². The third-order valence-electron chi connectivity index (χ3n) is 6.21. The predicted molar refractivity (Wildman–Crippen MR) is 161 cm³/mol. The van der Waals surface area contributed by atoms with Crippen LogP contribution in [-0.4, -0.2) is 46.0 Å². The fourth-order valence-electron chi connectivity index (χ4n) is 4.35. The Morgan fingerprint density at radius 1 is 0.923 bits per heavy atom. The number of benzene rings is 3. The van der Waals surface area contributed by atoms with E-state index in [1.165, 1.54) is 0 Å². The summed E-state index contributed by atoms with van der Waals surface area (Å²) in [6, 6.07) is 25.2. The number of aromatic nitrogens is 2. The lowest BCUT2D eigenvalue weighted by molar-refractivity contribution is -0.116. The van der Waals surface area contributed by atoms with Gasteiger partial charge in [0.1, 0.15) is 12.4 Å². The molecule has 0 aliphatic heterocycles. The fraction of sp³-hybridized carbons (Fsp3) is 0.258. The molecular formula is C31H35N5O2S. The Bertz CT molecular complexity index is 1410. The number of hydrogen-bond donors (Lipinski definition) is 2. The summed E-state index contributed by atoms with van der Waals surface area (Å²) in [4.78, 5) is 29.4. The molecule has 202 valence electrons. The highest BCUT2D eigenvalue weighted by molar-refractivity contribution is 7.98. The molecule has 0 fully saturated rings. The molecule has 0 bridgehead atoms. The molecule has 0 aliphatic carbocycles. The maximum atomic E-state index is 13.5. The largest absolute Gasteiger partial charge is 0.322 e. The first-order valence-electron chi connectivity index (χ1n) is 13.0. The number of nitrogens with zero attached hydrogens (tertiary/aromatic N) is 3. The molecule has 0 radical (unpaired) electrons. The standard InChI is InChI=1S/C31H35N5O2S/c1-21(2)19-35(31(38)32-25-13-17-27(39-5)18-14-25)20-28(37)33-30-29(24-9-7-6-8-10-24)23(4)34-36(30)26-15-11-22(3)12-16-26/h6-18,21H,19-20H2,1-5H3,(H,32,38)(H,33,37). The van der Waals surface area contributed by atoms with E-state index >= 15 is 0 Å². The van der Waals surface area contributed by atoms with Gasteiger partial charge in [0.05, 0.1) is 11.4 Å². The van der Waals surface area contributed by atoms with E-state index in [1.54, 1.807) is 21.3 Å². The van der Waals surface area contributed by atoms with E-state index < -0.39 is 0 Å². The number of carbonyl (C=O) groups excluding carboxylic acids is 2. The molecule has 0 saturated heterocycles. The van der Waals surface area contributed by atoms with Gasteiger partial charge in [0.2, 0.25) is 5.91 Å². The van der Waals surface area contributed by atoms with E-state index in [4.69, 9.17) is 5.10 Å². The molecule has 1 aromatic heterocycles. The topological polar surface area (TPSA) is 79.3 Å². The number of aryl methyl sites for hydroxylation is 2. The van der Waals surface area contributed by atoms with Crippen molar-refractivity contribution in [2.24, 2.45) is 5.92 Å². The molecule has 3 amide bonds. The number of anilines is 2. The minimum atomic E-state index is -0.317. The Morgan fingerprint density at radius 2 is 1.59 bits per heavy atom. The zero-order valence-electron chi connectivity index (χ0n) is 23.1. The summed E-state index contributed by atoms with van der Waals surface area (Å²) in [6.45, 7) is 8.35. The number of carbonyl (C=O) groups is 2. The maximum Gasteiger partial charge on any atom is 0.322 e. The van der Waals surface area contributed by atoms with Gasteiger partial charge in [-0.25, -0.2) is 9.48 Å².